The molecule has 1 amide bonds. The van der Waals surface area contributed by atoms with Crippen molar-refractivity contribution in [3.63, 3.8) is 0 Å². The highest BCUT2D eigenvalue weighted by Crippen LogP contribution is 2.34. The number of hydrogen-bond donors (Lipinski definition) is 2. The maximum Gasteiger partial charge on any atom is 0.227 e. The maximum atomic E-state index is 12.4. The second-order valence-electron chi connectivity index (χ2n) is 6.16. The van der Waals surface area contributed by atoms with Gasteiger partial charge in [-0.3, -0.25) is 4.79 Å². The van der Waals surface area contributed by atoms with Crippen molar-refractivity contribution in [3.05, 3.63) is 70.8 Å². The topological polar surface area (TPSA) is 41.1 Å². The first-order valence-electron chi connectivity index (χ1n) is 7.99. The first kappa shape index (κ1) is 16.0. The lowest BCUT2D eigenvalue weighted by molar-refractivity contribution is -0.123. The molecule has 0 saturated carbocycles. The van der Waals surface area contributed by atoms with Gasteiger partial charge in [-0.15, -0.1) is 12.4 Å². The van der Waals surface area contributed by atoms with Crippen LogP contribution >= 0.6 is 12.4 Å². The Bertz CT molecular complexity index is 716. The molecule has 2 atom stereocenters. The van der Waals surface area contributed by atoms with Gasteiger partial charge >= 0.3 is 0 Å². The molecule has 0 saturated heterocycles. The largest absolute Gasteiger partial charge is 0.354 e. The Labute approximate surface area is 142 Å². The summed E-state index contributed by atoms with van der Waals surface area (Å²) >= 11 is 0. The smallest absolute Gasteiger partial charge is 0.227 e. The number of rotatable bonds is 3. The van der Waals surface area contributed by atoms with Crippen LogP contribution in [-0.4, -0.2) is 19.0 Å². The number of benzene rings is 2. The van der Waals surface area contributed by atoms with E-state index in [1.807, 2.05) is 12.1 Å². The van der Waals surface area contributed by atoms with Crippen molar-refractivity contribution in [2.45, 2.75) is 24.8 Å². The van der Waals surface area contributed by atoms with Gasteiger partial charge in [-0.25, -0.2) is 0 Å². The third-order valence-electron chi connectivity index (χ3n) is 4.87. The highest BCUT2D eigenvalue weighted by atomic mass is 35.5. The fraction of sp³-hybridized carbons (Fsp3) is 0.316. The van der Waals surface area contributed by atoms with E-state index in [1.54, 1.807) is 0 Å². The van der Waals surface area contributed by atoms with Crippen LogP contribution in [-0.2, 0) is 17.6 Å². The molecule has 2 unspecified atom stereocenters. The average Bonchev–Trinajstić information content (AvgIpc) is 2.54. The van der Waals surface area contributed by atoms with E-state index in [1.165, 1.54) is 22.3 Å². The standard InChI is InChI=1S/C19H20N2O.ClH/c22-19(17-11-14-6-2-3-7-15(14)17)21-12-18-16-8-4-1-5-13(16)9-10-20-18;/h1-8,17-18,20H,9-12H2,(H,21,22);1H. The Kier molecular flexibility index (Phi) is 4.69. The summed E-state index contributed by atoms with van der Waals surface area (Å²) in [6, 6.07) is 17.0. The molecule has 3 nitrogen and oxygen atoms in total. The van der Waals surface area contributed by atoms with Gasteiger partial charge in [-0.1, -0.05) is 48.5 Å². The van der Waals surface area contributed by atoms with E-state index in [0.717, 1.165) is 19.4 Å². The Hall–Kier alpha value is -1.84. The summed E-state index contributed by atoms with van der Waals surface area (Å²) in [4.78, 5) is 12.4. The van der Waals surface area contributed by atoms with E-state index in [2.05, 4.69) is 47.0 Å². The van der Waals surface area contributed by atoms with Crippen molar-refractivity contribution in [1.82, 2.24) is 10.6 Å². The third kappa shape index (κ3) is 2.99. The first-order valence-corrected chi connectivity index (χ1v) is 7.99. The van der Waals surface area contributed by atoms with Gasteiger partial charge in [0.15, 0.2) is 0 Å². The van der Waals surface area contributed by atoms with Crippen LogP contribution < -0.4 is 10.6 Å². The predicted octanol–water partition coefficient (Wildman–Crippen LogP) is 2.75. The number of nitrogens with one attached hydrogen (secondary N) is 2. The van der Waals surface area contributed by atoms with Gasteiger partial charge in [0.2, 0.25) is 5.91 Å². The number of carbonyl (C=O) groups excluding carboxylic acids is 1. The van der Waals surface area contributed by atoms with Crippen LogP contribution in [0.4, 0.5) is 0 Å². The number of carbonyl (C=O) groups is 1. The lowest BCUT2D eigenvalue weighted by Gasteiger charge is -2.31. The molecule has 1 heterocycles. The van der Waals surface area contributed by atoms with E-state index >= 15 is 0 Å². The van der Waals surface area contributed by atoms with E-state index in [-0.39, 0.29) is 30.3 Å². The van der Waals surface area contributed by atoms with Crippen LogP contribution in [0.5, 0.6) is 0 Å². The van der Waals surface area contributed by atoms with Crippen LogP contribution in [0.3, 0.4) is 0 Å². The Balaban J connectivity index is 0.00000156. The van der Waals surface area contributed by atoms with E-state index in [4.69, 9.17) is 0 Å². The molecule has 23 heavy (non-hydrogen) atoms. The quantitative estimate of drug-likeness (QED) is 0.909. The van der Waals surface area contributed by atoms with Crippen LogP contribution in [0, 0.1) is 0 Å². The summed E-state index contributed by atoms with van der Waals surface area (Å²) in [6.07, 6.45) is 1.94. The molecule has 120 valence electrons. The monoisotopic (exact) mass is 328 g/mol. The van der Waals surface area contributed by atoms with Crippen molar-refractivity contribution >= 4 is 18.3 Å². The van der Waals surface area contributed by atoms with Crippen LogP contribution in [0.2, 0.25) is 0 Å². The van der Waals surface area contributed by atoms with Gasteiger partial charge in [0, 0.05) is 12.6 Å². The highest BCUT2D eigenvalue weighted by molar-refractivity contribution is 5.86. The number of halogens is 1. The zero-order valence-corrected chi connectivity index (χ0v) is 13.7. The van der Waals surface area contributed by atoms with Crippen molar-refractivity contribution in [1.29, 1.82) is 0 Å². The minimum absolute atomic E-state index is 0. The Morgan fingerprint density at radius 1 is 1.04 bits per heavy atom. The molecule has 4 heteroatoms. The zero-order chi connectivity index (χ0) is 14.9. The number of amides is 1. The molecule has 1 aliphatic carbocycles. The molecule has 2 N–H and O–H groups in total. The SMILES string of the molecule is Cl.O=C(NCC1NCCc2ccccc21)C1Cc2ccccc21. The molecule has 0 aromatic heterocycles. The lowest BCUT2D eigenvalue weighted by atomic mass is 9.77. The predicted molar refractivity (Wildman–Crippen MR) is 94.0 cm³/mol. The number of fused-ring (bicyclic) bond motifs is 2. The average molecular weight is 329 g/mol. The van der Waals surface area contributed by atoms with Crippen molar-refractivity contribution in [3.8, 4) is 0 Å². The van der Waals surface area contributed by atoms with Crippen molar-refractivity contribution in [2.75, 3.05) is 13.1 Å². The summed E-state index contributed by atoms with van der Waals surface area (Å²) in [6.45, 7) is 1.64. The van der Waals surface area contributed by atoms with Crippen LogP contribution in [0.1, 0.15) is 34.2 Å². The summed E-state index contributed by atoms with van der Waals surface area (Å²) in [5.41, 5.74) is 5.22. The molecular formula is C19H21ClN2O. The first-order chi connectivity index (χ1) is 10.8. The second-order valence-corrected chi connectivity index (χ2v) is 6.16. The second kappa shape index (κ2) is 6.73. The maximum absolute atomic E-state index is 12.4. The normalized spacial score (nSPS) is 21.2. The molecule has 0 spiro atoms. The molecule has 0 bridgehead atoms. The summed E-state index contributed by atoms with van der Waals surface area (Å²) in [7, 11) is 0. The highest BCUT2D eigenvalue weighted by Gasteiger charge is 2.32. The van der Waals surface area contributed by atoms with E-state index in [9.17, 15) is 4.79 Å². The fourth-order valence-electron chi connectivity index (χ4n) is 3.59. The van der Waals surface area contributed by atoms with Gasteiger partial charge in [0.25, 0.3) is 0 Å². The molecule has 2 aromatic rings. The minimum atomic E-state index is 0. The minimum Gasteiger partial charge on any atom is -0.354 e. The zero-order valence-electron chi connectivity index (χ0n) is 12.9. The Morgan fingerprint density at radius 3 is 2.52 bits per heavy atom. The molecular weight excluding hydrogens is 308 g/mol. The molecule has 0 fully saturated rings. The molecule has 4 rings (SSSR count). The molecule has 1 aliphatic heterocycles. The summed E-state index contributed by atoms with van der Waals surface area (Å²) < 4.78 is 0. The van der Waals surface area contributed by atoms with Gasteiger partial charge in [-0.2, -0.15) is 0 Å². The van der Waals surface area contributed by atoms with E-state index in [0.29, 0.717) is 6.54 Å². The molecule has 2 aliphatic rings. The summed E-state index contributed by atoms with van der Waals surface area (Å²) in [5, 5.41) is 6.64. The lowest BCUT2D eigenvalue weighted by Crippen LogP contribution is -2.42. The Morgan fingerprint density at radius 2 is 1.74 bits per heavy atom. The van der Waals surface area contributed by atoms with E-state index < -0.39 is 0 Å². The van der Waals surface area contributed by atoms with Gasteiger partial charge in [0.1, 0.15) is 0 Å². The van der Waals surface area contributed by atoms with Crippen molar-refractivity contribution < 1.29 is 4.79 Å². The van der Waals surface area contributed by atoms with Gasteiger partial charge < -0.3 is 10.6 Å². The van der Waals surface area contributed by atoms with Gasteiger partial charge in [0.05, 0.1) is 5.92 Å². The number of hydrogen-bond acceptors (Lipinski definition) is 2. The van der Waals surface area contributed by atoms with Crippen LogP contribution in [0.25, 0.3) is 0 Å². The third-order valence-corrected chi connectivity index (χ3v) is 4.87. The summed E-state index contributed by atoms with van der Waals surface area (Å²) in [5.74, 6) is 0.193. The molecule has 2 aromatic carbocycles. The molecule has 0 radical (unpaired) electrons. The fourth-order valence-corrected chi connectivity index (χ4v) is 3.59. The van der Waals surface area contributed by atoms with Crippen LogP contribution in [0.15, 0.2) is 48.5 Å². The van der Waals surface area contributed by atoms with Crippen molar-refractivity contribution in [2.24, 2.45) is 0 Å². The van der Waals surface area contributed by atoms with Gasteiger partial charge in [-0.05, 0) is 41.6 Å².